The van der Waals surface area contributed by atoms with Gasteiger partial charge in [-0.3, -0.25) is 14.5 Å². The first kappa shape index (κ1) is 13.1. The Kier molecular flexibility index (Phi) is 3.44. The summed E-state index contributed by atoms with van der Waals surface area (Å²) in [5, 5.41) is 6.68. The van der Waals surface area contributed by atoms with Gasteiger partial charge in [0.15, 0.2) is 0 Å². The Balaban J connectivity index is 1.67. The Bertz CT molecular complexity index is 556. The van der Waals surface area contributed by atoms with Crippen LogP contribution in [-0.2, 0) is 22.6 Å². The van der Waals surface area contributed by atoms with E-state index in [1.165, 1.54) is 21.7 Å². The minimum Gasteiger partial charge on any atom is -0.384 e. The second-order valence-electron chi connectivity index (χ2n) is 5.39. The molecule has 2 aliphatic rings. The zero-order chi connectivity index (χ0) is 14.1. The van der Waals surface area contributed by atoms with Crippen LogP contribution >= 0.6 is 0 Å². The third-order valence-corrected chi connectivity index (χ3v) is 4.12. The van der Waals surface area contributed by atoms with Crippen molar-refractivity contribution in [3.63, 3.8) is 0 Å². The molecular formula is C15H19N3O2. The molecule has 2 N–H and O–H groups in total. The zero-order valence-electron chi connectivity index (χ0n) is 11.6. The molecule has 1 unspecified atom stereocenters. The summed E-state index contributed by atoms with van der Waals surface area (Å²) in [5.74, 6) is -0.211. The van der Waals surface area contributed by atoms with Crippen molar-refractivity contribution >= 4 is 17.5 Å². The Labute approximate surface area is 118 Å². The summed E-state index contributed by atoms with van der Waals surface area (Å²) in [6.07, 6.45) is 2.08. The Hall–Kier alpha value is -1.88. The molecule has 0 spiro atoms. The van der Waals surface area contributed by atoms with E-state index in [4.69, 9.17) is 0 Å². The van der Waals surface area contributed by atoms with Crippen LogP contribution in [0.15, 0.2) is 18.2 Å². The number of carbonyl (C=O) groups is 2. The van der Waals surface area contributed by atoms with Crippen molar-refractivity contribution in [1.29, 1.82) is 0 Å². The number of rotatable bonds is 3. The fraction of sp³-hybridized carbons (Fsp3) is 0.467. The molecule has 2 amide bonds. The van der Waals surface area contributed by atoms with Gasteiger partial charge >= 0.3 is 0 Å². The van der Waals surface area contributed by atoms with Gasteiger partial charge in [-0.25, -0.2) is 0 Å². The van der Waals surface area contributed by atoms with Crippen LogP contribution in [0.4, 0.5) is 5.69 Å². The van der Waals surface area contributed by atoms with E-state index in [1.807, 2.05) is 0 Å². The molecule has 0 aliphatic carbocycles. The Morgan fingerprint density at radius 2 is 2.20 bits per heavy atom. The first-order valence-corrected chi connectivity index (χ1v) is 7.05. The third-order valence-electron chi connectivity index (χ3n) is 4.12. The van der Waals surface area contributed by atoms with Gasteiger partial charge in [0.2, 0.25) is 11.8 Å². The number of imide groups is 1. The molecule has 1 fully saturated rings. The van der Waals surface area contributed by atoms with Crippen molar-refractivity contribution in [1.82, 2.24) is 10.2 Å². The van der Waals surface area contributed by atoms with Gasteiger partial charge in [0.05, 0.1) is 6.04 Å². The predicted octanol–water partition coefficient (Wildman–Crippen LogP) is 0.892. The average Bonchev–Trinajstić information content (AvgIpc) is 2.93. The molecule has 5 nitrogen and oxygen atoms in total. The molecular weight excluding hydrogens is 254 g/mol. The van der Waals surface area contributed by atoms with E-state index in [2.05, 4.69) is 28.8 Å². The summed E-state index contributed by atoms with van der Waals surface area (Å²) in [7, 11) is 1.56. The van der Waals surface area contributed by atoms with Crippen molar-refractivity contribution < 1.29 is 9.59 Å². The lowest BCUT2D eigenvalue weighted by Crippen LogP contribution is -2.51. The molecule has 2 heterocycles. The van der Waals surface area contributed by atoms with Gasteiger partial charge in [-0.1, -0.05) is 18.2 Å². The highest BCUT2D eigenvalue weighted by Gasteiger charge is 2.31. The van der Waals surface area contributed by atoms with E-state index in [9.17, 15) is 9.59 Å². The summed E-state index contributed by atoms with van der Waals surface area (Å²) >= 11 is 0. The lowest BCUT2D eigenvalue weighted by molar-refractivity contribution is -0.148. The molecule has 106 valence electrons. The van der Waals surface area contributed by atoms with E-state index in [0.717, 1.165) is 13.0 Å². The number of anilines is 1. The maximum atomic E-state index is 12.0. The highest BCUT2D eigenvalue weighted by atomic mass is 16.2. The number of benzene rings is 1. The number of nitrogens with zero attached hydrogens (tertiary/aromatic N) is 1. The maximum Gasteiger partial charge on any atom is 0.246 e. The van der Waals surface area contributed by atoms with E-state index < -0.39 is 0 Å². The fourth-order valence-electron chi connectivity index (χ4n) is 2.90. The van der Waals surface area contributed by atoms with Crippen molar-refractivity contribution in [2.24, 2.45) is 0 Å². The lowest BCUT2D eigenvalue weighted by Gasteiger charge is -2.28. The van der Waals surface area contributed by atoms with Crippen LogP contribution in [0.2, 0.25) is 0 Å². The molecule has 3 rings (SSSR count). The number of fused-ring (bicyclic) bond motifs is 1. The van der Waals surface area contributed by atoms with E-state index >= 15 is 0 Å². The van der Waals surface area contributed by atoms with Gasteiger partial charge in [-0.05, 0) is 24.0 Å². The van der Waals surface area contributed by atoms with Crippen LogP contribution in [0, 0.1) is 0 Å². The molecule has 20 heavy (non-hydrogen) atoms. The topological polar surface area (TPSA) is 61.4 Å². The number of amides is 2. The van der Waals surface area contributed by atoms with E-state index in [1.54, 1.807) is 7.05 Å². The molecule has 1 saturated heterocycles. The quantitative estimate of drug-likeness (QED) is 0.803. The summed E-state index contributed by atoms with van der Waals surface area (Å²) in [5.41, 5.74) is 3.73. The molecule has 1 atom stereocenters. The molecule has 0 bridgehead atoms. The number of piperidine rings is 1. The molecule has 1 aromatic carbocycles. The maximum absolute atomic E-state index is 12.0. The summed E-state index contributed by atoms with van der Waals surface area (Å²) in [6, 6.07) is 6.01. The zero-order valence-corrected chi connectivity index (χ0v) is 11.6. The van der Waals surface area contributed by atoms with Crippen LogP contribution in [0.1, 0.15) is 24.0 Å². The number of likely N-dealkylation sites (N-methyl/N-ethyl adjacent to an activating group) is 1. The first-order chi connectivity index (χ1) is 9.66. The number of hydrogen-bond donors (Lipinski definition) is 2. The number of likely N-dealkylation sites (tertiary alicyclic amines) is 1. The first-order valence-electron chi connectivity index (χ1n) is 7.05. The standard InChI is InChI=1S/C15H19N3O2/c1-18-13(19)6-5-12(15(18)20)17-9-11-4-2-3-10-7-8-16-14(10)11/h2-4,12,16-17H,5-9H2,1H3. The highest BCUT2D eigenvalue weighted by molar-refractivity contribution is 6.00. The highest BCUT2D eigenvalue weighted by Crippen LogP contribution is 2.26. The largest absolute Gasteiger partial charge is 0.384 e. The second-order valence-corrected chi connectivity index (χ2v) is 5.39. The van der Waals surface area contributed by atoms with Crippen molar-refractivity contribution in [3.05, 3.63) is 29.3 Å². The Morgan fingerprint density at radius 1 is 1.35 bits per heavy atom. The smallest absolute Gasteiger partial charge is 0.246 e. The molecule has 0 saturated carbocycles. The van der Waals surface area contributed by atoms with Crippen LogP contribution < -0.4 is 10.6 Å². The fourth-order valence-corrected chi connectivity index (χ4v) is 2.90. The van der Waals surface area contributed by atoms with Gasteiger partial charge in [-0.15, -0.1) is 0 Å². The van der Waals surface area contributed by atoms with Gasteiger partial charge in [0.1, 0.15) is 0 Å². The van der Waals surface area contributed by atoms with Crippen molar-refractivity contribution in [2.45, 2.75) is 31.8 Å². The monoisotopic (exact) mass is 273 g/mol. The number of carbonyl (C=O) groups excluding carboxylic acids is 2. The van der Waals surface area contributed by atoms with Gasteiger partial charge in [0.25, 0.3) is 0 Å². The van der Waals surface area contributed by atoms with Crippen LogP contribution in [0.3, 0.4) is 0 Å². The minimum absolute atomic E-state index is 0.0877. The van der Waals surface area contributed by atoms with Gasteiger partial charge < -0.3 is 10.6 Å². The normalized spacial score (nSPS) is 21.9. The van der Waals surface area contributed by atoms with Gasteiger partial charge in [0, 0.05) is 32.2 Å². The van der Waals surface area contributed by atoms with Crippen molar-refractivity contribution in [3.8, 4) is 0 Å². The SMILES string of the molecule is CN1C(=O)CCC(NCc2cccc3c2NCC3)C1=O. The molecule has 0 aromatic heterocycles. The molecule has 0 radical (unpaired) electrons. The third kappa shape index (κ3) is 2.29. The number of hydrogen-bond acceptors (Lipinski definition) is 4. The van der Waals surface area contributed by atoms with E-state index in [-0.39, 0.29) is 17.9 Å². The van der Waals surface area contributed by atoms with Crippen LogP contribution in [0.25, 0.3) is 0 Å². The summed E-state index contributed by atoms with van der Waals surface area (Å²) in [4.78, 5) is 24.7. The Morgan fingerprint density at radius 3 is 3.05 bits per heavy atom. The molecule has 2 aliphatic heterocycles. The lowest BCUT2D eigenvalue weighted by atomic mass is 10.0. The summed E-state index contributed by atoms with van der Waals surface area (Å²) < 4.78 is 0. The number of nitrogens with one attached hydrogen (secondary N) is 2. The second kappa shape index (κ2) is 5.25. The summed E-state index contributed by atoms with van der Waals surface area (Å²) in [6.45, 7) is 1.63. The molecule has 1 aromatic rings. The average molecular weight is 273 g/mol. The van der Waals surface area contributed by atoms with Crippen molar-refractivity contribution in [2.75, 3.05) is 18.9 Å². The number of para-hydroxylation sites is 1. The van der Waals surface area contributed by atoms with Crippen LogP contribution in [-0.4, -0.2) is 36.3 Å². The molecule has 5 heteroatoms. The predicted molar refractivity (Wildman–Crippen MR) is 76.3 cm³/mol. The minimum atomic E-state index is -0.255. The van der Waals surface area contributed by atoms with E-state index in [0.29, 0.717) is 19.4 Å². The van der Waals surface area contributed by atoms with Gasteiger partial charge in [-0.2, -0.15) is 0 Å². The van der Waals surface area contributed by atoms with Crippen LogP contribution in [0.5, 0.6) is 0 Å².